The van der Waals surface area contributed by atoms with Crippen LogP contribution in [0.4, 0.5) is 0 Å². The average Bonchev–Trinajstić information content (AvgIpc) is 2.02. The van der Waals surface area contributed by atoms with E-state index in [4.69, 9.17) is 5.26 Å². The van der Waals surface area contributed by atoms with Gasteiger partial charge in [-0.1, -0.05) is 13.8 Å². The molecule has 0 aromatic carbocycles. The molecular formula is C10H18N2O. The number of rotatable bonds is 4. The molecule has 0 saturated carbocycles. The Morgan fingerprint density at radius 3 is 2.38 bits per heavy atom. The van der Waals surface area contributed by atoms with Crippen molar-refractivity contribution in [1.29, 1.82) is 5.26 Å². The van der Waals surface area contributed by atoms with Crippen molar-refractivity contribution in [2.45, 2.75) is 27.2 Å². The Kier molecular flexibility index (Phi) is 5.13. The highest BCUT2D eigenvalue weighted by Gasteiger charge is 2.12. The van der Waals surface area contributed by atoms with Crippen molar-refractivity contribution in [3.05, 3.63) is 0 Å². The van der Waals surface area contributed by atoms with Gasteiger partial charge in [-0.2, -0.15) is 5.26 Å². The molecule has 1 unspecified atom stereocenters. The summed E-state index contributed by atoms with van der Waals surface area (Å²) in [6.07, 6.45) is 0.564. The number of amides is 1. The van der Waals surface area contributed by atoms with Gasteiger partial charge in [-0.3, -0.25) is 4.79 Å². The molecule has 3 nitrogen and oxygen atoms in total. The summed E-state index contributed by atoms with van der Waals surface area (Å²) < 4.78 is 0. The maximum atomic E-state index is 11.4. The van der Waals surface area contributed by atoms with Crippen molar-refractivity contribution in [1.82, 2.24) is 4.90 Å². The average molecular weight is 182 g/mol. The van der Waals surface area contributed by atoms with E-state index >= 15 is 0 Å². The molecule has 0 N–H and O–H groups in total. The summed E-state index contributed by atoms with van der Waals surface area (Å²) in [7, 11) is 1.75. The predicted molar refractivity (Wildman–Crippen MR) is 51.9 cm³/mol. The van der Waals surface area contributed by atoms with Gasteiger partial charge >= 0.3 is 0 Å². The predicted octanol–water partition coefficient (Wildman–Crippen LogP) is 1.65. The minimum atomic E-state index is -0.0823. The van der Waals surface area contributed by atoms with Crippen LogP contribution >= 0.6 is 0 Å². The largest absolute Gasteiger partial charge is 0.344 e. The van der Waals surface area contributed by atoms with Crippen LogP contribution in [-0.2, 0) is 4.79 Å². The third kappa shape index (κ3) is 5.24. The Bertz CT molecular complexity index is 205. The van der Waals surface area contributed by atoms with E-state index in [1.165, 1.54) is 0 Å². The molecule has 0 aliphatic heterocycles. The molecule has 0 rings (SSSR count). The number of nitriles is 1. The Morgan fingerprint density at radius 1 is 1.46 bits per heavy atom. The van der Waals surface area contributed by atoms with Gasteiger partial charge in [0.1, 0.15) is 0 Å². The van der Waals surface area contributed by atoms with Gasteiger partial charge in [0.2, 0.25) is 5.91 Å². The zero-order valence-electron chi connectivity index (χ0n) is 8.87. The van der Waals surface area contributed by atoms with Crippen LogP contribution in [0.2, 0.25) is 0 Å². The van der Waals surface area contributed by atoms with E-state index in [-0.39, 0.29) is 11.8 Å². The zero-order chi connectivity index (χ0) is 10.4. The van der Waals surface area contributed by atoms with Crippen molar-refractivity contribution in [3.63, 3.8) is 0 Å². The smallest absolute Gasteiger partial charge is 0.222 e. The zero-order valence-corrected chi connectivity index (χ0v) is 8.87. The monoisotopic (exact) mass is 182 g/mol. The Balaban J connectivity index is 3.91. The van der Waals surface area contributed by atoms with Crippen LogP contribution in [0.5, 0.6) is 0 Å². The molecule has 0 aliphatic rings. The van der Waals surface area contributed by atoms with Crippen LogP contribution in [-0.4, -0.2) is 24.4 Å². The fourth-order valence-electron chi connectivity index (χ4n) is 1.06. The van der Waals surface area contributed by atoms with Gasteiger partial charge in [-0.25, -0.2) is 0 Å². The molecule has 1 atom stereocenters. The van der Waals surface area contributed by atoms with Crippen molar-refractivity contribution in [3.8, 4) is 6.07 Å². The third-order valence-electron chi connectivity index (χ3n) is 1.78. The number of carbonyl (C=O) groups is 1. The highest BCUT2D eigenvalue weighted by molar-refractivity contribution is 5.76. The van der Waals surface area contributed by atoms with E-state index in [1.54, 1.807) is 11.9 Å². The third-order valence-corrected chi connectivity index (χ3v) is 1.78. The minimum Gasteiger partial charge on any atom is -0.344 e. The van der Waals surface area contributed by atoms with Crippen molar-refractivity contribution < 1.29 is 4.79 Å². The second kappa shape index (κ2) is 5.58. The summed E-state index contributed by atoms with van der Waals surface area (Å²) in [5.74, 6) is 0.422. The summed E-state index contributed by atoms with van der Waals surface area (Å²) in [4.78, 5) is 13.1. The van der Waals surface area contributed by atoms with Crippen LogP contribution in [0.3, 0.4) is 0 Å². The maximum Gasteiger partial charge on any atom is 0.222 e. The molecule has 13 heavy (non-hydrogen) atoms. The first-order chi connectivity index (χ1) is 5.97. The van der Waals surface area contributed by atoms with Gasteiger partial charge in [-0.05, 0) is 12.8 Å². The lowest BCUT2D eigenvalue weighted by Gasteiger charge is -2.19. The molecule has 0 fully saturated rings. The molecule has 0 bridgehead atoms. The van der Waals surface area contributed by atoms with E-state index in [9.17, 15) is 4.79 Å². The molecule has 3 heteroatoms. The number of nitrogens with zero attached hydrogens (tertiary/aromatic N) is 2. The lowest BCUT2D eigenvalue weighted by molar-refractivity contribution is -0.130. The summed E-state index contributed by atoms with van der Waals surface area (Å²) >= 11 is 0. The van der Waals surface area contributed by atoms with Gasteiger partial charge in [0.15, 0.2) is 0 Å². The van der Waals surface area contributed by atoms with E-state index in [1.807, 2.05) is 20.8 Å². The molecule has 1 amide bonds. The topological polar surface area (TPSA) is 44.1 Å². The van der Waals surface area contributed by atoms with Crippen LogP contribution < -0.4 is 0 Å². The van der Waals surface area contributed by atoms with Crippen LogP contribution in [0.15, 0.2) is 0 Å². The number of hydrogen-bond donors (Lipinski definition) is 0. The molecule has 0 aromatic heterocycles. The Labute approximate surface area is 80.3 Å². The highest BCUT2D eigenvalue weighted by Crippen LogP contribution is 2.04. The maximum absolute atomic E-state index is 11.4. The van der Waals surface area contributed by atoms with Gasteiger partial charge in [0.05, 0.1) is 12.0 Å². The van der Waals surface area contributed by atoms with Crippen LogP contribution in [0.25, 0.3) is 0 Å². The van der Waals surface area contributed by atoms with Gasteiger partial charge in [-0.15, -0.1) is 0 Å². The van der Waals surface area contributed by atoms with Gasteiger partial charge in [0.25, 0.3) is 0 Å². The second-order valence-corrected chi connectivity index (χ2v) is 3.90. The summed E-state index contributed by atoms with van der Waals surface area (Å²) in [5.41, 5.74) is 0. The van der Waals surface area contributed by atoms with Crippen molar-refractivity contribution in [2.75, 3.05) is 13.6 Å². The molecule has 0 aliphatic carbocycles. The summed E-state index contributed by atoms with van der Waals surface area (Å²) in [6, 6.07) is 2.11. The van der Waals surface area contributed by atoms with Gasteiger partial charge in [0, 0.05) is 20.0 Å². The second-order valence-electron chi connectivity index (χ2n) is 3.90. The molecular weight excluding hydrogens is 164 g/mol. The molecule has 74 valence electrons. The quantitative estimate of drug-likeness (QED) is 0.663. The first-order valence-corrected chi connectivity index (χ1v) is 4.61. The lowest BCUT2D eigenvalue weighted by atomic mass is 10.1. The minimum absolute atomic E-state index is 0.0823. The number of carbonyl (C=O) groups excluding carboxylic acids is 1. The first-order valence-electron chi connectivity index (χ1n) is 4.61. The Morgan fingerprint density at radius 2 is 2.00 bits per heavy atom. The first kappa shape index (κ1) is 12.0. The van der Waals surface area contributed by atoms with Crippen molar-refractivity contribution in [2.24, 2.45) is 11.8 Å². The summed E-state index contributed by atoms with van der Waals surface area (Å²) in [5, 5.41) is 8.56. The molecule has 0 heterocycles. The van der Waals surface area contributed by atoms with Crippen LogP contribution in [0.1, 0.15) is 27.2 Å². The molecule has 0 spiro atoms. The van der Waals surface area contributed by atoms with Crippen molar-refractivity contribution >= 4 is 5.91 Å². The molecule has 0 saturated heterocycles. The van der Waals surface area contributed by atoms with Gasteiger partial charge < -0.3 is 4.90 Å². The van der Waals surface area contributed by atoms with E-state index in [2.05, 4.69) is 6.07 Å². The van der Waals surface area contributed by atoms with E-state index < -0.39 is 0 Å². The highest BCUT2D eigenvalue weighted by atomic mass is 16.2. The summed E-state index contributed by atoms with van der Waals surface area (Å²) in [6.45, 7) is 6.38. The van der Waals surface area contributed by atoms with Crippen LogP contribution in [0, 0.1) is 23.2 Å². The Hall–Kier alpha value is -1.04. The fourth-order valence-corrected chi connectivity index (χ4v) is 1.06. The normalized spacial score (nSPS) is 12.3. The number of hydrogen-bond acceptors (Lipinski definition) is 2. The lowest BCUT2D eigenvalue weighted by Crippen LogP contribution is -2.31. The van der Waals surface area contributed by atoms with E-state index in [0.29, 0.717) is 18.9 Å². The SMILES string of the molecule is CC(C)CC(=O)N(C)CC(C)C#N. The fraction of sp³-hybridized carbons (Fsp3) is 0.800. The van der Waals surface area contributed by atoms with E-state index in [0.717, 1.165) is 0 Å². The standard InChI is InChI=1S/C10H18N2O/c1-8(2)5-10(13)12(4)7-9(3)6-11/h8-9H,5,7H2,1-4H3. The molecule has 0 radical (unpaired) electrons. The molecule has 0 aromatic rings.